The zero-order chi connectivity index (χ0) is 52.0. The number of rotatable bonds is 56. The minimum atomic E-state index is -0.870. The molecule has 72 heavy (non-hydrogen) atoms. The first-order valence-electron chi connectivity index (χ1n) is 31.1. The van der Waals surface area contributed by atoms with Gasteiger partial charge in [0, 0.05) is 6.42 Å². The van der Waals surface area contributed by atoms with E-state index in [0.29, 0.717) is 6.42 Å². The van der Waals surface area contributed by atoms with Crippen molar-refractivity contribution in [2.75, 3.05) is 6.61 Å². The number of nitrogens with one attached hydrogen (secondary N) is 1. The normalized spacial score (nSPS) is 13.6. The van der Waals surface area contributed by atoms with Gasteiger partial charge in [-0.05, 0) is 89.9 Å². The second-order valence-electron chi connectivity index (χ2n) is 20.7. The van der Waals surface area contributed by atoms with Gasteiger partial charge >= 0.3 is 0 Å². The Balaban J connectivity index is 3.56. The summed E-state index contributed by atoms with van der Waals surface area (Å²) in [5.74, 6) is -0.0763. The third-order valence-electron chi connectivity index (χ3n) is 13.7. The lowest BCUT2D eigenvalue weighted by Gasteiger charge is -2.19. The van der Waals surface area contributed by atoms with Crippen molar-refractivity contribution < 1.29 is 15.0 Å². The number of aliphatic hydroxyl groups is 2. The molecule has 0 aliphatic heterocycles. The molecule has 0 aliphatic rings. The minimum absolute atomic E-state index is 0.0763. The van der Waals surface area contributed by atoms with Crippen molar-refractivity contribution in [2.45, 2.75) is 309 Å². The van der Waals surface area contributed by atoms with Crippen molar-refractivity contribution >= 4 is 5.91 Å². The molecule has 0 heterocycles. The monoisotopic (exact) mass is 998 g/mol. The van der Waals surface area contributed by atoms with E-state index in [1.165, 1.54) is 199 Å². The van der Waals surface area contributed by atoms with Crippen LogP contribution >= 0.6 is 0 Å². The van der Waals surface area contributed by atoms with E-state index < -0.39 is 12.1 Å². The third-order valence-corrected chi connectivity index (χ3v) is 13.7. The summed E-state index contributed by atoms with van der Waals surface area (Å²) in [6.45, 7) is 4.20. The Labute approximate surface area is 448 Å². The minimum Gasteiger partial charge on any atom is -0.394 e. The molecule has 0 radical (unpaired) electrons. The number of hydrogen-bond donors (Lipinski definition) is 3. The molecule has 4 nitrogen and oxygen atoms in total. The van der Waals surface area contributed by atoms with Gasteiger partial charge in [-0.3, -0.25) is 4.79 Å². The van der Waals surface area contributed by atoms with E-state index in [2.05, 4.69) is 116 Å². The Hall–Kier alpha value is -2.95. The number of carbonyl (C=O) groups excluding carboxylic acids is 1. The number of allylic oxidation sites excluding steroid dienone is 17. The predicted octanol–water partition coefficient (Wildman–Crippen LogP) is 21.0. The van der Waals surface area contributed by atoms with Crippen LogP contribution in [-0.2, 0) is 4.79 Å². The van der Waals surface area contributed by atoms with Gasteiger partial charge in [-0.1, -0.05) is 309 Å². The van der Waals surface area contributed by atoms with Crippen LogP contribution in [0.15, 0.2) is 109 Å². The number of hydrogen-bond acceptors (Lipinski definition) is 3. The molecule has 0 fully saturated rings. The summed E-state index contributed by atoms with van der Waals surface area (Å²) < 4.78 is 0. The van der Waals surface area contributed by atoms with Gasteiger partial charge in [0.25, 0.3) is 0 Å². The van der Waals surface area contributed by atoms with E-state index in [4.69, 9.17) is 0 Å². The summed E-state index contributed by atoms with van der Waals surface area (Å²) in [5.41, 5.74) is 0. The van der Waals surface area contributed by atoms with Gasteiger partial charge in [-0.2, -0.15) is 0 Å². The molecule has 0 aliphatic carbocycles. The van der Waals surface area contributed by atoms with E-state index in [9.17, 15) is 15.0 Å². The molecule has 414 valence electrons. The maximum Gasteiger partial charge on any atom is 0.220 e. The van der Waals surface area contributed by atoms with E-state index in [-0.39, 0.29) is 12.5 Å². The fraction of sp³-hybridized carbons (Fsp3) is 0.721. The van der Waals surface area contributed by atoms with E-state index in [0.717, 1.165) is 77.0 Å². The van der Waals surface area contributed by atoms with Crippen LogP contribution in [0.3, 0.4) is 0 Å². The highest BCUT2D eigenvalue weighted by molar-refractivity contribution is 5.76. The Kier molecular flexibility index (Phi) is 59.8. The molecule has 0 saturated heterocycles. The maximum atomic E-state index is 12.5. The molecule has 4 heteroatoms. The lowest BCUT2D eigenvalue weighted by molar-refractivity contribution is -0.123. The first kappa shape index (κ1) is 69.0. The van der Waals surface area contributed by atoms with Crippen LogP contribution < -0.4 is 5.32 Å². The SMILES string of the molecule is CC/C=C\C/C=C\C/C=C\C/C=C\C/C=C\C/C=C\C/C=C\CCCCCCCCCCCCCCCC(=O)NC(CO)C(O)/C=C/CC/C=C/CCCCCCCCCCCCCCCCCCCCC. The number of unbranched alkanes of at least 4 members (excludes halogenated alkanes) is 33. The van der Waals surface area contributed by atoms with Gasteiger partial charge in [0.1, 0.15) is 0 Å². The molecule has 0 aromatic carbocycles. The highest BCUT2D eigenvalue weighted by atomic mass is 16.3. The van der Waals surface area contributed by atoms with Crippen LogP contribution in [0.25, 0.3) is 0 Å². The van der Waals surface area contributed by atoms with E-state index in [1.807, 2.05) is 6.08 Å². The van der Waals surface area contributed by atoms with Gasteiger partial charge in [0.15, 0.2) is 0 Å². The molecule has 0 aromatic rings. The summed E-state index contributed by atoms with van der Waals surface area (Å²) in [7, 11) is 0. The standard InChI is InChI=1S/C68H119NO3/c1-3-5-7-9-11-13-15-17-19-21-23-25-27-29-30-31-32-33-34-35-36-37-38-40-42-44-46-48-50-52-54-56-58-60-62-64-68(72)69-66(65-70)67(71)63-61-59-57-55-53-51-49-47-45-43-41-39-28-26-24-22-20-18-16-14-12-10-8-6-4-2/h5,7,11,13,17,19,23,25,29-30,32-33,35-36,53,55,61,63,66-67,70-71H,3-4,6,8-10,12,14-16,18,20-22,24,26-28,31,34,37-52,54,56-60,62,64-65H2,1-2H3,(H,69,72)/b7-5-,13-11-,19-17-,25-23-,30-29-,33-32-,36-35-,55-53+,63-61+. The quantitative estimate of drug-likeness (QED) is 0.0420. The first-order valence-corrected chi connectivity index (χ1v) is 31.1. The van der Waals surface area contributed by atoms with Crippen LogP contribution in [-0.4, -0.2) is 34.9 Å². The average Bonchev–Trinajstić information content (AvgIpc) is 3.39. The van der Waals surface area contributed by atoms with Crippen molar-refractivity contribution in [1.29, 1.82) is 0 Å². The molecule has 2 atom stereocenters. The van der Waals surface area contributed by atoms with Gasteiger partial charge in [-0.15, -0.1) is 0 Å². The Morgan fingerprint density at radius 1 is 0.347 bits per heavy atom. The van der Waals surface area contributed by atoms with Gasteiger partial charge < -0.3 is 15.5 Å². The van der Waals surface area contributed by atoms with Gasteiger partial charge in [0.2, 0.25) is 5.91 Å². The molecule has 0 bridgehead atoms. The predicted molar refractivity (Wildman–Crippen MR) is 322 cm³/mol. The van der Waals surface area contributed by atoms with Crippen molar-refractivity contribution in [1.82, 2.24) is 5.32 Å². The Morgan fingerprint density at radius 2 is 0.625 bits per heavy atom. The molecular weight excluding hydrogens is 879 g/mol. The molecule has 0 saturated carbocycles. The molecule has 1 amide bonds. The van der Waals surface area contributed by atoms with Crippen LogP contribution in [0.2, 0.25) is 0 Å². The topological polar surface area (TPSA) is 69.6 Å². The smallest absolute Gasteiger partial charge is 0.220 e. The zero-order valence-corrected chi connectivity index (χ0v) is 47.7. The third kappa shape index (κ3) is 57.9. The fourth-order valence-electron chi connectivity index (χ4n) is 9.06. The molecule has 2 unspecified atom stereocenters. The molecule has 0 aromatic heterocycles. The number of amides is 1. The summed E-state index contributed by atoms with van der Waals surface area (Å²) in [5, 5.41) is 23.2. The lowest BCUT2D eigenvalue weighted by atomic mass is 10.0. The van der Waals surface area contributed by atoms with E-state index >= 15 is 0 Å². The largest absolute Gasteiger partial charge is 0.394 e. The van der Waals surface area contributed by atoms with Crippen molar-refractivity contribution in [3.63, 3.8) is 0 Å². The molecule has 3 N–H and O–H groups in total. The highest BCUT2D eigenvalue weighted by Gasteiger charge is 2.18. The highest BCUT2D eigenvalue weighted by Crippen LogP contribution is 2.17. The molecular formula is C68H119NO3. The van der Waals surface area contributed by atoms with E-state index in [1.54, 1.807) is 6.08 Å². The summed E-state index contributed by atoms with van der Waals surface area (Å²) in [6.07, 6.45) is 94.1. The molecule has 0 spiro atoms. The Morgan fingerprint density at radius 3 is 0.972 bits per heavy atom. The van der Waals surface area contributed by atoms with Crippen molar-refractivity contribution in [3.05, 3.63) is 109 Å². The van der Waals surface area contributed by atoms with Crippen LogP contribution in [0.4, 0.5) is 0 Å². The average molecular weight is 999 g/mol. The zero-order valence-electron chi connectivity index (χ0n) is 47.7. The summed E-state index contributed by atoms with van der Waals surface area (Å²) in [4.78, 5) is 12.5. The molecule has 0 rings (SSSR count). The Bertz CT molecular complexity index is 1360. The van der Waals surface area contributed by atoms with Crippen LogP contribution in [0.1, 0.15) is 296 Å². The van der Waals surface area contributed by atoms with Gasteiger partial charge in [0.05, 0.1) is 18.8 Å². The summed E-state index contributed by atoms with van der Waals surface area (Å²) >= 11 is 0. The van der Waals surface area contributed by atoms with Crippen LogP contribution in [0, 0.1) is 0 Å². The number of aliphatic hydroxyl groups excluding tert-OH is 2. The van der Waals surface area contributed by atoms with Crippen molar-refractivity contribution in [2.24, 2.45) is 0 Å². The maximum absolute atomic E-state index is 12.5. The first-order chi connectivity index (χ1) is 35.7. The van der Waals surface area contributed by atoms with Crippen molar-refractivity contribution in [3.8, 4) is 0 Å². The van der Waals surface area contributed by atoms with Crippen LogP contribution in [0.5, 0.6) is 0 Å². The van der Waals surface area contributed by atoms with Gasteiger partial charge in [-0.25, -0.2) is 0 Å². The lowest BCUT2D eigenvalue weighted by Crippen LogP contribution is -2.45. The fourth-order valence-corrected chi connectivity index (χ4v) is 9.06. The summed E-state index contributed by atoms with van der Waals surface area (Å²) in [6, 6.07) is -0.647. The second kappa shape index (κ2) is 62.3. The number of carbonyl (C=O) groups is 1. The second-order valence-corrected chi connectivity index (χ2v) is 20.7.